The van der Waals surface area contributed by atoms with E-state index < -0.39 is 4.92 Å². The van der Waals surface area contributed by atoms with E-state index >= 15 is 0 Å². The first-order valence-corrected chi connectivity index (χ1v) is 5.41. The van der Waals surface area contributed by atoms with Crippen LogP contribution < -0.4 is 14.8 Å². The molecule has 0 unspecified atom stereocenters. The van der Waals surface area contributed by atoms with Gasteiger partial charge in [0, 0.05) is 6.54 Å². The number of hydrogen-bond donors (Lipinski definition) is 1. The number of carbonyl (C=O) groups excluding carboxylic acids is 1. The fourth-order valence-corrected chi connectivity index (χ4v) is 1.27. The van der Waals surface area contributed by atoms with Crippen LogP contribution in [0.2, 0.25) is 0 Å². The maximum atomic E-state index is 11.3. The molecule has 0 fully saturated rings. The summed E-state index contributed by atoms with van der Waals surface area (Å²) in [6.07, 6.45) is 1.52. The molecular weight excluding hydrogens is 252 g/mol. The highest BCUT2D eigenvalue weighted by Crippen LogP contribution is 2.30. The molecule has 0 atom stereocenters. The van der Waals surface area contributed by atoms with E-state index in [1.54, 1.807) is 0 Å². The Morgan fingerprint density at radius 2 is 2.32 bits per heavy atom. The number of nitrogens with one attached hydrogen (secondary N) is 1. The predicted octanol–water partition coefficient (Wildman–Crippen LogP) is 1.28. The van der Waals surface area contributed by atoms with E-state index in [0.717, 1.165) is 0 Å². The number of rotatable bonds is 7. The molecule has 0 radical (unpaired) electrons. The van der Waals surface area contributed by atoms with E-state index in [9.17, 15) is 14.9 Å². The number of amides is 1. The van der Waals surface area contributed by atoms with E-state index in [1.165, 1.54) is 31.4 Å². The van der Waals surface area contributed by atoms with Crippen LogP contribution in [0, 0.1) is 10.1 Å². The van der Waals surface area contributed by atoms with Gasteiger partial charge in [0.05, 0.1) is 18.1 Å². The van der Waals surface area contributed by atoms with Crippen LogP contribution >= 0.6 is 0 Å². The number of ether oxygens (including phenoxy) is 2. The SMILES string of the molecule is C=CCNC(=O)COc1ccc(OC)cc1[N+](=O)[O-]. The maximum absolute atomic E-state index is 11.3. The molecule has 102 valence electrons. The largest absolute Gasteiger partial charge is 0.496 e. The average Bonchev–Trinajstić information content (AvgIpc) is 2.42. The Morgan fingerprint density at radius 3 is 2.89 bits per heavy atom. The van der Waals surface area contributed by atoms with Crippen molar-refractivity contribution in [2.45, 2.75) is 0 Å². The van der Waals surface area contributed by atoms with Crippen LogP contribution in [0.25, 0.3) is 0 Å². The Balaban J connectivity index is 2.74. The van der Waals surface area contributed by atoms with Gasteiger partial charge in [-0.05, 0) is 12.1 Å². The summed E-state index contributed by atoms with van der Waals surface area (Å²) in [4.78, 5) is 21.6. The van der Waals surface area contributed by atoms with Gasteiger partial charge in [-0.25, -0.2) is 0 Å². The third kappa shape index (κ3) is 4.30. The van der Waals surface area contributed by atoms with Crippen molar-refractivity contribution < 1.29 is 19.2 Å². The third-order valence-corrected chi connectivity index (χ3v) is 2.17. The second-order valence-electron chi connectivity index (χ2n) is 3.47. The Bertz CT molecular complexity index is 487. The van der Waals surface area contributed by atoms with E-state index in [0.29, 0.717) is 12.3 Å². The predicted molar refractivity (Wildman–Crippen MR) is 68.4 cm³/mol. The number of nitro benzene ring substituents is 1. The smallest absolute Gasteiger partial charge is 0.314 e. The monoisotopic (exact) mass is 266 g/mol. The molecule has 1 amide bonds. The second-order valence-corrected chi connectivity index (χ2v) is 3.47. The normalized spacial score (nSPS) is 9.53. The highest BCUT2D eigenvalue weighted by molar-refractivity contribution is 5.77. The summed E-state index contributed by atoms with van der Waals surface area (Å²) >= 11 is 0. The quantitative estimate of drug-likeness (QED) is 0.456. The zero-order valence-electron chi connectivity index (χ0n) is 10.4. The topological polar surface area (TPSA) is 90.7 Å². The molecular formula is C12H14N2O5. The number of benzene rings is 1. The molecule has 0 aliphatic carbocycles. The zero-order chi connectivity index (χ0) is 14.3. The molecule has 0 heterocycles. The Morgan fingerprint density at radius 1 is 1.58 bits per heavy atom. The van der Waals surface area contributed by atoms with Gasteiger partial charge in [-0.1, -0.05) is 6.08 Å². The fourth-order valence-electron chi connectivity index (χ4n) is 1.27. The number of methoxy groups -OCH3 is 1. The van der Waals surface area contributed by atoms with Crippen molar-refractivity contribution in [3.63, 3.8) is 0 Å². The minimum atomic E-state index is -0.598. The molecule has 19 heavy (non-hydrogen) atoms. The summed E-state index contributed by atoms with van der Waals surface area (Å²) in [5, 5.41) is 13.4. The third-order valence-electron chi connectivity index (χ3n) is 2.17. The van der Waals surface area contributed by atoms with Crippen molar-refractivity contribution in [1.29, 1.82) is 0 Å². The van der Waals surface area contributed by atoms with Gasteiger partial charge in [-0.2, -0.15) is 0 Å². The minimum Gasteiger partial charge on any atom is -0.496 e. The van der Waals surface area contributed by atoms with Gasteiger partial charge in [0.15, 0.2) is 12.4 Å². The molecule has 7 heteroatoms. The summed E-state index contributed by atoms with van der Waals surface area (Å²) in [5.41, 5.74) is -0.254. The Labute approximate surface area is 110 Å². The Hall–Kier alpha value is -2.57. The molecule has 0 aliphatic rings. The van der Waals surface area contributed by atoms with Crippen LogP contribution in [0.1, 0.15) is 0 Å². The van der Waals surface area contributed by atoms with Crippen molar-refractivity contribution >= 4 is 11.6 Å². The van der Waals surface area contributed by atoms with Crippen LogP contribution in [0.5, 0.6) is 11.5 Å². The van der Waals surface area contributed by atoms with Crippen LogP contribution in [0.15, 0.2) is 30.9 Å². The van der Waals surface area contributed by atoms with Gasteiger partial charge >= 0.3 is 5.69 Å². The highest BCUT2D eigenvalue weighted by Gasteiger charge is 2.17. The van der Waals surface area contributed by atoms with Crippen LogP contribution in [0.4, 0.5) is 5.69 Å². The second kappa shape index (κ2) is 7.00. The van der Waals surface area contributed by atoms with Crippen molar-refractivity contribution in [3.05, 3.63) is 41.0 Å². The van der Waals surface area contributed by atoms with Gasteiger partial charge in [-0.3, -0.25) is 14.9 Å². The number of nitro groups is 1. The average molecular weight is 266 g/mol. The van der Waals surface area contributed by atoms with Crippen molar-refractivity contribution in [2.24, 2.45) is 0 Å². The van der Waals surface area contributed by atoms with Crippen molar-refractivity contribution in [1.82, 2.24) is 5.32 Å². The lowest BCUT2D eigenvalue weighted by atomic mass is 10.3. The van der Waals surface area contributed by atoms with Gasteiger partial charge in [0.25, 0.3) is 5.91 Å². The summed E-state index contributed by atoms with van der Waals surface area (Å²) in [6.45, 7) is 3.46. The highest BCUT2D eigenvalue weighted by atomic mass is 16.6. The number of carbonyl (C=O) groups is 1. The molecule has 1 aromatic rings. The van der Waals surface area contributed by atoms with E-state index in [-0.39, 0.29) is 24.0 Å². The lowest BCUT2D eigenvalue weighted by molar-refractivity contribution is -0.385. The molecule has 0 saturated heterocycles. The number of nitrogens with zero attached hydrogens (tertiary/aromatic N) is 1. The molecule has 0 bridgehead atoms. The summed E-state index contributed by atoms with van der Waals surface area (Å²) < 4.78 is 10.0. The number of hydrogen-bond acceptors (Lipinski definition) is 5. The zero-order valence-corrected chi connectivity index (χ0v) is 10.4. The standard InChI is InChI=1S/C12H14N2O5/c1-3-6-13-12(15)8-19-11-5-4-9(18-2)7-10(11)14(16)17/h3-5,7H,1,6,8H2,2H3,(H,13,15). The van der Waals surface area contributed by atoms with E-state index in [2.05, 4.69) is 11.9 Å². The first-order valence-electron chi connectivity index (χ1n) is 5.41. The van der Waals surface area contributed by atoms with Crippen LogP contribution in [-0.4, -0.2) is 31.1 Å². The van der Waals surface area contributed by atoms with Crippen LogP contribution in [0.3, 0.4) is 0 Å². The summed E-state index contributed by atoms with van der Waals surface area (Å²) in [5.74, 6) is -0.0280. The summed E-state index contributed by atoms with van der Waals surface area (Å²) in [7, 11) is 1.41. The van der Waals surface area contributed by atoms with Crippen molar-refractivity contribution in [3.8, 4) is 11.5 Å². The van der Waals surface area contributed by atoms with Gasteiger partial charge in [0.1, 0.15) is 5.75 Å². The van der Waals surface area contributed by atoms with Crippen LogP contribution in [-0.2, 0) is 4.79 Å². The first-order chi connectivity index (χ1) is 9.08. The molecule has 0 aliphatic heterocycles. The molecule has 1 N–H and O–H groups in total. The Kier molecular flexibility index (Phi) is 5.34. The molecule has 1 aromatic carbocycles. The maximum Gasteiger partial charge on any atom is 0.314 e. The first kappa shape index (κ1) is 14.5. The molecule has 0 saturated carbocycles. The molecule has 0 spiro atoms. The van der Waals surface area contributed by atoms with Gasteiger partial charge in [0.2, 0.25) is 0 Å². The summed E-state index contributed by atoms with van der Waals surface area (Å²) in [6, 6.07) is 4.14. The van der Waals surface area contributed by atoms with Gasteiger partial charge in [-0.15, -0.1) is 6.58 Å². The van der Waals surface area contributed by atoms with E-state index in [1.807, 2.05) is 0 Å². The minimum absolute atomic E-state index is 0.0135. The lowest BCUT2D eigenvalue weighted by Crippen LogP contribution is -2.28. The molecule has 7 nitrogen and oxygen atoms in total. The fraction of sp³-hybridized carbons (Fsp3) is 0.250. The lowest BCUT2D eigenvalue weighted by Gasteiger charge is -2.07. The molecule has 0 aromatic heterocycles. The van der Waals surface area contributed by atoms with Crippen molar-refractivity contribution in [2.75, 3.05) is 20.3 Å². The van der Waals surface area contributed by atoms with Gasteiger partial charge < -0.3 is 14.8 Å². The molecule has 1 rings (SSSR count). The van der Waals surface area contributed by atoms with E-state index in [4.69, 9.17) is 9.47 Å².